The molecular weight excluding hydrogens is 791 g/mol. The van der Waals surface area contributed by atoms with Gasteiger partial charge in [-0.1, -0.05) is 49.1 Å². The minimum absolute atomic E-state index is 0.149. The van der Waals surface area contributed by atoms with Crippen molar-refractivity contribution < 1.29 is 24.0 Å². The van der Waals surface area contributed by atoms with Crippen molar-refractivity contribution in [2.75, 3.05) is 0 Å². The Bertz CT molecular complexity index is 2590. The van der Waals surface area contributed by atoms with E-state index in [9.17, 15) is 24.0 Å². The third-order valence-corrected chi connectivity index (χ3v) is 10.7. The van der Waals surface area contributed by atoms with Crippen molar-refractivity contribution in [3.05, 3.63) is 117 Å². The minimum atomic E-state index is -0.357. The standard InChI is InChI=1S/C14H13N3O2S.C12H7N3O2S.C12H7N3OS2/c1-2-5-17-8-15-10-4-3-9(6-11(10)17)7-12-13(18)16-14(19)20-12;2*16-11-10(18-12(17)15-11)6-7-1-2-8-9(5-7)14-4-3-13-8/h3-4,6-8H,2,5H2,1H3,(H,16,18,19);2*1-6H,(H,15,16,17). The number of nitrogens with zero attached hydrogens (tertiary/aromatic N) is 6. The quantitative estimate of drug-likeness (QED) is 0.121. The average Bonchev–Trinajstić information content (AvgIpc) is 3.92. The van der Waals surface area contributed by atoms with Gasteiger partial charge in [0.05, 0.1) is 54.1 Å². The number of hydrogen-bond donors (Lipinski definition) is 3. The van der Waals surface area contributed by atoms with E-state index < -0.39 is 0 Å². The van der Waals surface area contributed by atoms with Gasteiger partial charge in [0.25, 0.3) is 28.2 Å². The number of carbonyl (C=O) groups excluding carboxylic acids is 5. The molecule has 14 nitrogen and oxygen atoms in total. The largest absolute Gasteiger partial charge is 0.331 e. The van der Waals surface area contributed by atoms with Gasteiger partial charge in [0.15, 0.2) is 0 Å². The molecule has 6 aromatic rings. The van der Waals surface area contributed by atoms with Crippen LogP contribution in [0, 0.1) is 0 Å². The molecule has 0 aliphatic carbocycles. The summed E-state index contributed by atoms with van der Waals surface area (Å²) in [7, 11) is 0. The van der Waals surface area contributed by atoms with Gasteiger partial charge in [0.1, 0.15) is 4.32 Å². The van der Waals surface area contributed by atoms with Gasteiger partial charge in [-0.05, 0) is 101 Å². The number of thiocarbonyl (C=S) groups is 1. The molecule has 9 rings (SSSR count). The van der Waals surface area contributed by atoms with Crippen LogP contribution in [0.25, 0.3) is 51.3 Å². The first-order chi connectivity index (χ1) is 27.1. The van der Waals surface area contributed by atoms with Crippen LogP contribution in [0.1, 0.15) is 30.0 Å². The van der Waals surface area contributed by atoms with Gasteiger partial charge in [0, 0.05) is 31.3 Å². The lowest BCUT2D eigenvalue weighted by molar-refractivity contribution is -0.116. The second-order valence-corrected chi connectivity index (χ2v) is 15.6. The Kier molecular flexibility index (Phi) is 11.7. The van der Waals surface area contributed by atoms with E-state index in [0.29, 0.717) is 19.0 Å². The fourth-order valence-corrected chi connectivity index (χ4v) is 7.85. The molecule has 0 atom stereocenters. The topological polar surface area (TPSA) is 191 Å². The Balaban J connectivity index is 0.000000129. The second-order valence-electron chi connectivity index (χ2n) is 11.9. The van der Waals surface area contributed by atoms with Gasteiger partial charge in [0.2, 0.25) is 0 Å². The Hall–Kier alpha value is -6.08. The number of imide groups is 2. The Morgan fingerprint density at radius 1 is 0.571 bits per heavy atom. The van der Waals surface area contributed by atoms with Crippen molar-refractivity contribution in [3.63, 3.8) is 0 Å². The van der Waals surface area contributed by atoms with Crippen LogP contribution in [-0.2, 0) is 20.9 Å². The number of thioether (sulfide) groups is 3. The van der Waals surface area contributed by atoms with Gasteiger partial charge in [-0.2, -0.15) is 0 Å². The van der Waals surface area contributed by atoms with E-state index in [1.54, 1.807) is 43.0 Å². The predicted molar refractivity (Wildman–Crippen MR) is 224 cm³/mol. The highest BCUT2D eigenvalue weighted by atomic mass is 32.2. The summed E-state index contributed by atoms with van der Waals surface area (Å²) in [6.07, 6.45) is 14.6. The molecule has 5 amide bonds. The van der Waals surface area contributed by atoms with Crippen LogP contribution in [-0.4, -0.2) is 62.0 Å². The van der Waals surface area contributed by atoms with Gasteiger partial charge in [-0.3, -0.25) is 54.5 Å². The lowest BCUT2D eigenvalue weighted by atomic mass is 10.2. The zero-order valence-electron chi connectivity index (χ0n) is 29.1. The summed E-state index contributed by atoms with van der Waals surface area (Å²) in [6, 6.07) is 17.0. The summed E-state index contributed by atoms with van der Waals surface area (Å²) in [6.45, 7) is 3.02. The van der Waals surface area contributed by atoms with Crippen LogP contribution >= 0.6 is 47.5 Å². The van der Waals surface area contributed by atoms with Crippen LogP contribution in [0.2, 0.25) is 0 Å². The molecule has 3 aliphatic rings. The second kappa shape index (κ2) is 17.2. The maximum Gasteiger partial charge on any atom is 0.290 e. The Morgan fingerprint density at radius 2 is 1.02 bits per heavy atom. The van der Waals surface area contributed by atoms with Crippen LogP contribution in [0.3, 0.4) is 0 Å². The van der Waals surface area contributed by atoms with Crippen LogP contribution in [0.15, 0.2) is 100 Å². The summed E-state index contributed by atoms with van der Waals surface area (Å²) in [5, 5.41) is 6.38. The first-order valence-electron chi connectivity index (χ1n) is 16.7. The number of carbonyl (C=O) groups is 5. The third-order valence-electron chi connectivity index (χ3n) is 7.92. The number of aryl methyl sites for hydroxylation is 1. The van der Waals surface area contributed by atoms with Crippen LogP contribution < -0.4 is 16.0 Å². The number of hydrogen-bond acceptors (Lipinski definition) is 14. The molecule has 3 aliphatic heterocycles. The van der Waals surface area contributed by atoms with Gasteiger partial charge < -0.3 is 9.88 Å². The number of rotatable bonds is 5. The normalized spacial score (nSPS) is 17.3. The van der Waals surface area contributed by atoms with E-state index in [2.05, 4.69) is 52.4 Å². The van der Waals surface area contributed by atoms with E-state index in [1.807, 2.05) is 60.9 Å². The number of amides is 5. The SMILES string of the molecule is CCCn1cnc2ccc(C=C3SC(=O)NC3=O)cc21.O=C1NC(=O)C(=Cc2ccc3nccnc3c2)S1.O=C1NC(=S)SC1=Cc1ccc2nccnc2c1. The molecule has 3 aromatic carbocycles. The Labute approximate surface area is 336 Å². The first-order valence-corrected chi connectivity index (χ1v) is 19.6. The number of fused-ring (bicyclic) bond motifs is 3. The zero-order valence-corrected chi connectivity index (χ0v) is 32.4. The molecule has 18 heteroatoms. The molecule has 0 radical (unpaired) electrons. The lowest BCUT2D eigenvalue weighted by Gasteiger charge is -2.02. The van der Waals surface area contributed by atoms with Gasteiger partial charge in [-0.15, -0.1) is 0 Å². The van der Waals surface area contributed by atoms with Crippen molar-refractivity contribution in [1.82, 2.24) is 45.4 Å². The minimum Gasteiger partial charge on any atom is -0.331 e. The molecule has 278 valence electrons. The van der Waals surface area contributed by atoms with Gasteiger partial charge >= 0.3 is 0 Å². The summed E-state index contributed by atoms with van der Waals surface area (Å²) < 4.78 is 2.58. The molecule has 0 bridgehead atoms. The summed E-state index contributed by atoms with van der Waals surface area (Å²) >= 11 is 8.03. The maximum atomic E-state index is 11.5. The number of aromatic nitrogens is 6. The number of nitrogens with one attached hydrogen (secondary N) is 3. The highest BCUT2D eigenvalue weighted by Gasteiger charge is 2.26. The summed E-state index contributed by atoms with van der Waals surface area (Å²) in [5.41, 5.74) is 7.76. The third kappa shape index (κ3) is 9.23. The van der Waals surface area contributed by atoms with Crippen molar-refractivity contribution in [2.24, 2.45) is 0 Å². The molecule has 3 aromatic heterocycles. The monoisotopic (exact) mass is 817 g/mol. The molecule has 6 heterocycles. The van der Waals surface area contributed by atoms with Crippen molar-refractivity contribution in [3.8, 4) is 0 Å². The number of benzene rings is 3. The van der Waals surface area contributed by atoms with Crippen molar-refractivity contribution in [2.45, 2.75) is 19.9 Å². The number of imidazole rings is 1. The molecule has 0 unspecified atom stereocenters. The van der Waals surface area contributed by atoms with Crippen LogP contribution in [0.4, 0.5) is 9.59 Å². The van der Waals surface area contributed by atoms with E-state index in [1.165, 1.54) is 11.8 Å². The Morgan fingerprint density at radius 3 is 1.46 bits per heavy atom. The lowest BCUT2D eigenvalue weighted by Crippen LogP contribution is -2.17. The average molecular weight is 818 g/mol. The van der Waals surface area contributed by atoms with Gasteiger partial charge in [-0.25, -0.2) is 4.98 Å². The smallest absolute Gasteiger partial charge is 0.290 e. The van der Waals surface area contributed by atoms with Crippen LogP contribution in [0.5, 0.6) is 0 Å². The first kappa shape index (κ1) is 38.2. The molecule has 3 N–H and O–H groups in total. The van der Waals surface area contributed by atoms with E-state index >= 15 is 0 Å². The highest BCUT2D eigenvalue weighted by Crippen LogP contribution is 2.29. The van der Waals surface area contributed by atoms with E-state index in [0.717, 1.165) is 86.3 Å². The maximum absolute atomic E-state index is 11.5. The zero-order chi connectivity index (χ0) is 39.2. The molecule has 56 heavy (non-hydrogen) atoms. The predicted octanol–water partition coefficient (Wildman–Crippen LogP) is 6.84. The highest BCUT2D eigenvalue weighted by molar-refractivity contribution is 8.26. The van der Waals surface area contributed by atoms with E-state index in [4.69, 9.17) is 12.2 Å². The van der Waals surface area contributed by atoms with Crippen molar-refractivity contribution >= 4 is 131 Å². The molecule has 3 fully saturated rings. The fourth-order valence-electron chi connectivity index (χ4n) is 5.44. The molecule has 0 saturated carbocycles. The summed E-state index contributed by atoms with van der Waals surface area (Å²) in [4.78, 5) is 79.2. The molecular formula is C38H27N9O5S4. The fraction of sp³-hybridized carbons (Fsp3) is 0.0789. The van der Waals surface area contributed by atoms with Crippen molar-refractivity contribution in [1.29, 1.82) is 0 Å². The summed E-state index contributed by atoms with van der Waals surface area (Å²) in [5.74, 6) is -0.837. The van der Waals surface area contributed by atoms with E-state index in [-0.39, 0.29) is 28.2 Å². The molecule has 3 saturated heterocycles. The molecule has 0 spiro atoms.